The summed E-state index contributed by atoms with van der Waals surface area (Å²) in [6.07, 6.45) is 5.03. The number of anilines is 1. The molecular weight excluding hydrogens is 424 g/mol. The van der Waals surface area contributed by atoms with Crippen LogP contribution in [0.5, 0.6) is 0 Å². The third-order valence-electron chi connectivity index (χ3n) is 6.33. The lowest BCUT2D eigenvalue weighted by atomic mass is 10.0. The minimum absolute atomic E-state index is 0.124. The van der Waals surface area contributed by atoms with Crippen LogP contribution in [-0.2, 0) is 0 Å². The first kappa shape index (κ1) is 22.9. The van der Waals surface area contributed by atoms with Gasteiger partial charge in [-0.3, -0.25) is 9.59 Å². The monoisotopic (exact) mass is 456 g/mol. The molecule has 32 heavy (non-hydrogen) atoms. The molecule has 2 aromatic heterocycles. The lowest BCUT2D eigenvalue weighted by molar-refractivity contribution is 0.0743. The van der Waals surface area contributed by atoms with Crippen molar-refractivity contribution < 1.29 is 14.7 Å². The van der Waals surface area contributed by atoms with Gasteiger partial charge in [-0.05, 0) is 71.9 Å². The Morgan fingerprint density at radius 2 is 2.06 bits per heavy atom. The summed E-state index contributed by atoms with van der Waals surface area (Å²) >= 11 is 1.24. The number of thiazole rings is 1. The van der Waals surface area contributed by atoms with Crippen LogP contribution in [0.4, 0.5) is 5.82 Å². The Morgan fingerprint density at radius 3 is 2.59 bits per heavy atom. The zero-order valence-corrected chi connectivity index (χ0v) is 20.3. The van der Waals surface area contributed by atoms with E-state index in [9.17, 15) is 14.7 Å². The number of nitrogens with zero attached hydrogens (tertiary/aromatic N) is 3. The molecule has 2 aromatic rings. The third kappa shape index (κ3) is 4.30. The van der Waals surface area contributed by atoms with Crippen molar-refractivity contribution in [3.05, 3.63) is 28.5 Å². The number of aryl methyl sites for hydroxylation is 1. The van der Waals surface area contributed by atoms with Crippen molar-refractivity contribution in [3.8, 4) is 10.4 Å². The highest BCUT2D eigenvalue weighted by Gasteiger charge is 2.51. The van der Waals surface area contributed by atoms with Crippen LogP contribution in [0.15, 0.2) is 12.3 Å². The normalized spacial score (nSPS) is 19.8. The minimum atomic E-state index is -0.718. The molecule has 1 saturated carbocycles. The highest BCUT2D eigenvalue weighted by Crippen LogP contribution is 2.49. The van der Waals surface area contributed by atoms with E-state index in [0.29, 0.717) is 35.0 Å². The molecule has 172 valence electrons. The van der Waals surface area contributed by atoms with E-state index in [1.165, 1.54) is 11.3 Å². The first-order chi connectivity index (χ1) is 15.0. The second-order valence-electron chi connectivity index (χ2n) is 10.2. The number of hydrogen-bond donors (Lipinski definition) is 2. The molecule has 2 N–H and O–H groups in total. The molecule has 0 spiro atoms. The summed E-state index contributed by atoms with van der Waals surface area (Å²) in [7, 11) is 0. The van der Waals surface area contributed by atoms with Crippen molar-refractivity contribution in [3.63, 3.8) is 0 Å². The van der Waals surface area contributed by atoms with Crippen molar-refractivity contribution in [2.24, 2.45) is 5.41 Å². The summed E-state index contributed by atoms with van der Waals surface area (Å²) in [4.78, 5) is 38.2. The van der Waals surface area contributed by atoms with E-state index in [2.05, 4.69) is 36.1 Å². The molecule has 1 saturated heterocycles. The maximum Gasteiger partial charge on any atom is 0.274 e. The van der Waals surface area contributed by atoms with Crippen molar-refractivity contribution in [2.75, 3.05) is 18.5 Å². The molecular formula is C24H32N4O3S. The summed E-state index contributed by atoms with van der Waals surface area (Å²) in [5.74, 6) is 0.472. The van der Waals surface area contributed by atoms with E-state index < -0.39 is 5.41 Å². The molecule has 1 amide bonds. The molecule has 0 bridgehead atoms. The SMILES string of the molecule is Cc1cc(NC(C)(C)C)ncc1-c1sc(C(=O)C2(CO)CC2)nc1C(=O)N1CCC[C@@H]1C. The van der Waals surface area contributed by atoms with E-state index in [1.54, 1.807) is 6.20 Å². The smallest absolute Gasteiger partial charge is 0.274 e. The van der Waals surface area contributed by atoms with Gasteiger partial charge >= 0.3 is 0 Å². The largest absolute Gasteiger partial charge is 0.395 e. The molecule has 1 atom stereocenters. The van der Waals surface area contributed by atoms with Crippen LogP contribution >= 0.6 is 11.3 Å². The van der Waals surface area contributed by atoms with E-state index in [4.69, 9.17) is 0 Å². The highest BCUT2D eigenvalue weighted by atomic mass is 32.1. The Morgan fingerprint density at radius 1 is 1.34 bits per heavy atom. The van der Waals surface area contributed by atoms with Gasteiger partial charge in [0.2, 0.25) is 0 Å². The minimum Gasteiger partial charge on any atom is -0.395 e. The Hall–Kier alpha value is -2.32. The number of pyridine rings is 1. The second kappa shape index (κ2) is 8.23. The fourth-order valence-electron chi connectivity index (χ4n) is 4.20. The predicted octanol–water partition coefficient (Wildman–Crippen LogP) is 4.30. The number of likely N-dealkylation sites (tertiary alicyclic amines) is 1. The van der Waals surface area contributed by atoms with E-state index >= 15 is 0 Å². The van der Waals surface area contributed by atoms with Crippen molar-refractivity contribution in [2.45, 2.75) is 71.9 Å². The average Bonchev–Trinajstić information content (AvgIpc) is 3.21. The molecule has 0 unspecified atom stereocenters. The van der Waals surface area contributed by atoms with Gasteiger partial charge in [0.25, 0.3) is 5.91 Å². The zero-order chi connectivity index (χ0) is 23.3. The van der Waals surface area contributed by atoms with Gasteiger partial charge in [0.1, 0.15) is 11.5 Å². The summed E-state index contributed by atoms with van der Waals surface area (Å²) in [5.41, 5.74) is 1.25. The van der Waals surface area contributed by atoms with Gasteiger partial charge in [-0.15, -0.1) is 11.3 Å². The van der Waals surface area contributed by atoms with Crippen LogP contribution in [0.25, 0.3) is 10.4 Å². The molecule has 7 nitrogen and oxygen atoms in total. The third-order valence-corrected chi connectivity index (χ3v) is 7.42. The van der Waals surface area contributed by atoms with Gasteiger partial charge in [-0.25, -0.2) is 9.97 Å². The van der Waals surface area contributed by atoms with Crippen LogP contribution in [0, 0.1) is 12.3 Å². The Balaban J connectivity index is 1.76. The number of carbonyl (C=O) groups excluding carboxylic acids is 2. The topological polar surface area (TPSA) is 95.4 Å². The number of ketones is 1. The number of Topliss-reactive ketones (excluding diaryl/α,β-unsaturated/α-hetero) is 1. The maximum atomic E-state index is 13.5. The van der Waals surface area contributed by atoms with Crippen molar-refractivity contribution in [1.82, 2.24) is 14.9 Å². The predicted molar refractivity (Wildman–Crippen MR) is 126 cm³/mol. The van der Waals surface area contributed by atoms with Gasteiger partial charge in [0.05, 0.1) is 16.9 Å². The molecule has 2 fully saturated rings. The number of hydrogen-bond acceptors (Lipinski definition) is 7. The molecule has 0 aromatic carbocycles. The summed E-state index contributed by atoms with van der Waals surface area (Å²) in [6, 6.07) is 2.12. The maximum absolute atomic E-state index is 13.5. The van der Waals surface area contributed by atoms with Crippen LogP contribution in [0.3, 0.4) is 0 Å². The lowest BCUT2D eigenvalue weighted by Crippen LogP contribution is -2.34. The fraction of sp³-hybridized carbons (Fsp3) is 0.583. The number of amides is 1. The van der Waals surface area contributed by atoms with Crippen molar-refractivity contribution >= 4 is 28.8 Å². The highest BCUT2D eigenvalue weighted by molar-refractivity contribution is 7.17. The summed E-state index contributed by atoms with van der Waals surface area (Å²) < 4.78 is 0. The molecule has 0 radical (unpaired) electrons. The number of aliphatic hydroxyl groups excluding tert-OH is 1. The van der Waals surface area contributed by atoms with Gasteiger partial charge in [-0.1, -0.05) is 0 Å². The number of aromatic nitrogens is 2. The van der Waals surface area contributed by atoms with E-state index in [-0.39, 0.29) is 29.9 Å². The molecule has 1 aliphatic carbocycles. The zero-order valence-electron chi connectivity index (χ0n) is 19.5. The lowest BCUT2D eigenvalue weighted by Gasteiger charge is -2.22. The molecule has 4 rings (SSSR count). The van der Waals surface area contributed by atoms with Gasteiger partial charge in [0.15, 0.2) is 10.8 Å². The number of aliphatic hydroxyl groups is 1. The fourth-order valence-corrected chi connectivity index (χ4v) is 5.39. The summed E-state index contributed by atoms with van der Waals surface area (Å²) in [6.45, 7) is 10.8. The number of carbonyl (C=O) groups is 2. The molecule has 8 heteroatoms. The van der Waals surface area contributed by atoms with Crippen molar-refractivity contribution in [1.29, 1.82) is 0 Å². The average molecular weight is 457 g/mol. The van der Waals surface area contributed by atoms with Crippen LogP contribution in [-0.4, -0.2) is 56.4 Å². The number of rotatable bonds is 6. The van der Waals surface area contributed by atoms with E-state index in [0.717, 1.165) is 29.8 Å². The van der Waals surface area contributed by atoms with Gasteiger partial charge < -0.3 is 15.3 Å². The van der Waals surface area contributed by atoms with E-state index in [1.807, 2.05) is 24.8 Å². The Bertz CT molecular complexity index is 1050. The number of nitrogens with one attached hydrogen (secondary N) is 1. The summed E-state index contributed by atoms with van der Waals surface area (Å²) in [5, 5.41) is 13.4. The van der Waals surface area contributed by atoms with Gasteiger partial charge in [0, 0.05) is 29.9 Å². The molecule has 2 aliphatic rings. The van der Waals surface area contributed by atoms with Crippen LogP contribution in [0.2, 0.25) is 0 Å². The molecule has 3 heterocycles. The molecule has 1 aliphatic heterocycles. The Kier molecular flexibility index (Phi) is 5.88. The first-order valence-corrected chi connectivity index (χ1v) is 12.1. The quantitative estimate of drug-likeness (QED) is 0.629. The second-order valence-corrected chi connectivity index (χ2v) is 11.2. The Labute approximate surface area is 193 Å². The van der Waals surface area contributed by atoms with Gasteiger partial charge in [-0.2, -0.15) is 0 Å². The van der Waals surface area contributed by atoms with Crippen LogP contribution < -0.4 is 5.32 Å². The standard InChI is InChI=1S/C24H32N4O3S/c1-14-11-17(27-23(3,4)5)25-12-16(14)19-18(22(31)28-10-6-7-15(28)2)26-21(32-19)20(30)24(13-29)8-9-24/h11-12,15,29H,6-10,13H2,1-5H3,(H,25,27)/t15-/m0/s1. The first-order valence-electron chi connectivity index (χ1n) is 11.3. The van der Waals surface area contributed by atoms with Crippen LogP contribution in [0.1, 0.15) is 79.2 Å².